The molecular formula is C37H22N4O. The van der Waals surface area contributed by atoms with Gasteiger partial charge in [-0.25, -0.2) is 4.98 Å². The molecule has 5 heteroatoms. The summed E-state index contributed by atoms with van der Waals surface area (Å²) in [5.41, 5.74) is 5.65. The number of furan rings is 1. The minimum absolute atomic E-state index is 0.583. The van der Waals surface area contributed by atoms with Gasteiger partial charge in [0.25, 0.3) is 0 Å². The van der Waals surface area contributed by atoms with Gasteiger partial charge in [-0.3, -0.25) is 4.57 Å². The molecule has 0 radical (unpaired) electrons. The fourth-order valence-electron chi connectivity index (χ4n) is 6.05. The minimum atomic E-state index is 0.583. The van der Waals surface area contributed by atoms with Crippen LogP contribution in [0.1, 0.15) is 0 Å². The van der Waals surface area contributed by atoms with E-state index >= 15 is 0 Å². The third-order valence-corrected chi connectivity index (χ3v) is 8.03. The van der Waals surface area contributed by atoms with Crippen molar-refractivity contribution in [3.63, 3.8) is 0 Å². The van der Waals surface area contributed by atoms with Crippen LogP contribution in [0.5, 0.6) is 0 Å². The molecule has 0 saturated carbocycles. The quantitative estimate of drug-likeness (QED) is 0.225. The molecular weight excluding hydrogens is 516 g/mol. The zero-order valence-electron chi connectivity index (χ0n) is 22.4. The maximum absolute atomic E-state index is 6.27. The van der Waals surface area contributed by atoms with E-state index in [0.717, 1.165) is 60.3 Å². The lowest BCUT2D eigenvalue weighted by Crippen LogP contribution is -2.06. The monoisotopic (exact) mass is 538 g/mol. The first kappa shape index (κ1) is 22.9. The minimum Gasteiger partial charge on any atom is -0.456 e. The number of hydrogen-bond acceptors (Lipinski definition) is 4. The number of aromatic nitrogens is 4. The lowest BCUT2D eigenvalue weighted by atomic mass is 10.0. The molecule has 0 fully saturated rings. The van der Waals surface area contributed by atoms with Gasteiger partial charge in [-0.05, 0) is 53.2 Å². The Hall–Kier alpha value is -5.81. The van der Waals surface area contributed by atoms with Crippen LogP contribution in [-0.4, -0.2) is 19.5 Å². The highest BCUT2D eigenvalue weighted by Gasteiger charge is 2.18. The van der Waals surface area contributed by atoms with Crippen LogP contribution in [0.3, 0.4) is 0 Å². The molecule has 6 aromatic carbocycles. The molecule has 0 saturated heterocycles. The van der Waals surface area contributed by atoms with E-state index in [1.807, 2.05) is 42.5 Å². The zero-order chi connectivity index (χ0) is 27.6. The Morgan fingerprint density at radius 3 is 1.76 bits per heavy atom. The highest BCUT2D eigenvalue weighted by molar-refractivity contribution is 6.11. The van der Waals surface area contributed by atoms with E-state index in [4.69, 9.17) is 19.4 Å². The van der Waals surface area contributed by atoms with E-state index in [1.165, 1.54) is 5.39 Å². The van der Waals surface area contributed by atoms with Crippen molar-refractivity contribution in [3.8, 4) is 28.7 Å². The topological polar surface area (TPSA) is 56.7 Å². The molecule has 9 aromatic rings. The van der Waals surface area contributed by atoms with Gasteiger partial charge < -0.3 is 4.42 Å². The van der Waals surface area contributed by atoms with Crippen LogP contribution in [0, 0.1) is 0 Å². The molecule has 0 bridgehead atoms. The molecule has 0 N–H and O–H groups in total. The first-order valence-electron chi connectivity index (χ1n) is 14.0. The summed E-state index contributed by atoms with van der Waals surface area (Å²) in [7, 11) is 0. The predicted molar refractivity (Wildman–Crippen MR) is 170 cm³/mol. The third-order valence-electron chi connectivity index (χ3n) is 8.03. The summed E-state index contributed by atoms with van der Waals surface area (Å²) in [4.78, 5) is 15.1. The summed E-state index contributed by atoms with van der Waals surface area (Å²) in [6.45, 7) is 0. The van der Waals surface area contributed by atoms with E-state index in [0.29, 0.717) is 17.6 Å². The number of hydrogen-bond donors (Lipinski definition) is 0. The average molecular weight is 539 g/mol. The molecule has 0 aliphatic heterocycles. The van der Waals surface area contributed by atoms with Gasteiger partial charge >= 0.3 is 0 Å². The van der Waals surface area contributed by atoms with Crippen molar-refractivity contribution in [1.82, 2.24) is 19.5 Å². The van der Waals surface area contributed by atoms with E-state index in [-0.39, 0.29) is 0 Å². The molecule has 0 amide bonds. The molecule has 42 heavy (non-hydrogen) atoms. The molecule has 3 heterocycles. The second-order valence-corrected chi connectivity index (χ2v) is 10.5. The van der Waals surface area contributed by atoms with Crippen molar-refractivity contribution >= 4 is 54.5 Å². The Kier molecular flexibility index (Phi) is 4.83. The largest absolute Gasteiger partial charge is 0.456 e. The van der Waals surface area contributed by atoms with Crippen molar-refractivity contribution in [3.05, 3.63) is 133 Å². The maximum atomic E-state index is 6.27. The van der Waals surface area contributed by atoms with Crippen LogP contribution in [0.2, 0.25) is 0 Å². The molecule has 5 nitrogen and oxygen atoms in total. The molecule has 0 spiro atoms. The Labute approximate surface area is 240 Å². The van der Waals surface area contributed by atoms with Crippen LogP contribution in [0.25, 0.3) is 83.2 Å². The lowest BCUT2D eigenvalue weighted by molar-refractivity contribution is 0.669. The average Bonchev–Trinajstić information content (AvgIpc) is 3.58. The molecule has 0 atom stereocenters. The number of nitrogens with zero attached hydrogens (tertiary/aromatic N) is 4. The van der Waals surface area contributed by atoms with E-state index in [9.17, 15) is 0 Å². The fourth-order valence-corrected chi connectivity index (χ4v) is 6.05. The van der Waals surface area contributed by atoms with Gasteiger partial charge in [0.1, 0.15) is 11.2 Å². The summed E-state index contributed by atoms with van der Waals surface area (Å²) >= 11 is 0. The van der Waals surface area contributed by atoms with Crippen LogP contribution in [0.15, 0.2) is 138 Å². The van der Waals surface area contributed by atoms with Gasteiger partial charge in [0, 0.05) is 32.7 Å². The highest BCUT2D eigenvalue weighted by Crippen LogP contribution is 2.36. The molecule has 196 valence electrons. The van der Waals surface area contributed by atoms with Crippen molar-refractivity contribution in [2.24, 2.45) is 0 Å². The summed E-state index contributed by atoms with van der Waals surface area (Å²) in [6.07, 6.45) is 0. The molecule has 0 aliphatic carbocycles. The first-order chi connectivity index (χ1) is 20.8. The Morgan fingerprint density at radius 1 is 0.429 bits per heavy atom. The Balaban J connectivity index is 1.32. The SMILES string of the molecule is c1ccc(-c2nc(-c3ccc4oc5cc6ccccc6cc5c4c3)nc(-n3c4ccccc4c4ccccc43)n2)cc1. The van der Waals surface area contributed by atoms with Crippen molar-refractivity contribution in [2.75, 3.05) is 0 Å². The molecule has 0 unspecified atom stereocenters. The van der Waals surface area contributed by atoms with E-state index in [1.54, 1.807) is 0 Å². The van der Waals surface area contributed by atoms with Gasteiger partial charge in [0.15, 0.2) is 11.6 Å². The standard InChI is InChI=1S/C37H22N4O/c1-2-10-23(11-3-1)35-38-36(40-37(39-35)41-31-16-8-6-14-27(31)28-15-7-9-17-32(28)41)26-18-19-33-29(21-26)30-20-24-12-4-5-13-25(24)22-34(30)42-33/h1-22H. The summed E-state index contributed by atoms with van der Waals surface area (Å²) < 4.78 is 8.41. The van der Waals surface area contributed by atoms with Gasteiger partial charge in [0.2, 0.25) is 5.95 Å². The summed E-state index contributed by atoms with van der Waals surface area (Å²) in [6, 6.07) is 45.7. The van der Waals surface area contributed by atoms with Crippen molar-refractivity contribution in [1.29, 1.82) is 0 Å². The predicted octanol–water partition coefficient (Wildman–Crippen LogP) is 9.36. The van der Waals surface area contributed by atoms with E-state index < -0.39 is 0 Å². The summed E-state index contributed by atoms with van der Waals surface area (Å²) in [5.74, 6) is 1.82. The van der Waals surface area contributed by atoms with E-state index in [2.05, 4.69) is 95.6 Å². The van der Waals surface area contributed by atoms with Gasteiger partial charge in [-0.15, -0.1) is 0 Å². The second-order valence-electron chi connectivity index (χ2n) is 10.5. The number of rotatable bonds is 3. The second kappa shape index (κ2) is 8.85. The number of para-hydroxylation sites is 2. The van der Waals surface area contributed by atoms with Gasteiger partial charge in [-0.1, -0.05) is 91.0 Å². The van der Waals surface area contributed by atoms with Crippen LogP contribution in [0.4, 0.5) is 0 Å². The Bertz CT molecular complexity index is 2420. The Morgan fingerprint density at radius 2 is 1.02 bits per heavy atom. The maximum Gasteiger partial charge on any atom is 0.238 e. The fraction of sp³-hybridized carbons (Fsp3) is 0. The van der Waals surface area contributed by atoms with Crippen molar-refractivity contribution < 1.29 is 4.42 Å². The molecule has 9 rings (SSSR count). The lowest BCUT2D eigenvalue weighted by Gasteiger charge is -2.11. The van der Waals surface area contributed by atoms with Crippen LogP contribution >= 0.6 is 0 Å². The van der Waals surface area contributed by atoms with Gasteiger partial charge in [0.05, 0.1) is 11.0 Å². The first-order valence-corrected chi connectivity index (χ1v) is 14.0. The number of benzene rings is 6. The normalized spacial score (nSPS) is 11.8. The molecule has 3 aromatic heterocycles. The summed E-state index contributed by atoms with van der Waals surface area (Å²) in [5, 5.41) is 6.77. The molecule has 0 aliphatic rings. The van der Waals surface area contributed by atoms with Crippen molar-refractivity contribution in [2.45, 2.75) is 0 Å². The van der Waals surface area contributed by atoms with Crippen LogP contribution in [-0.2, 0) is 0 Å². The highest BCUT2D eigenvalue weighted by atomic mass is 16.3. The third kappa shape index (κ3) is 3.47. The zero-order valence-corrected chi connectivity index (χ0v) is 22.4. The number of fused-ring (bicyclic) bond motifs is 7. The smallest absolute Gasteiger partial charge is 0.238 e. The van der Waals surface area contributed by atoms with Gasteiger partial charge in [-0.2, -0.15) is 9.97 Å². The van der Waals surface area contributed by atoms with Crippen LogP contribution < -0.4 is 0 Å².